The van der Waals surface area contributed by atoms with Gasteiger partial charge in [0.25, 0.3) is 0 Å². The molecule has 2 saturated heterocycles. The van der Waals surface area contributed by atoms with Crippen LogP contribution in [-0.2, 0) is 18.9 Å². The summed E-state index contributed by atoms with van der Waals surface area (Å²) in [5.41, 5.74) is 0.648. The van der Waals surface area contributed by atoms with Gasteiger partial charge in [0.15, 0.2) is 12.6 Å². The van der Waals surface area contributed by atoms with Gasteiger partial charge < -0.3 is 18.9 Å². The quantitative estimate of drug-likeness (QED) is 0.716. The van der Waals surface area contributed by atoms with Gasteiger partial charge in [-0.2, -0.15) is 0 Å². The molecule has 0 bridgehead atoms. The van der Waals surface area contributed by atoms with Gasteiger partial charge in [-0.25, -0.2) is 4.39 Å². The van der Waals surface area contributed by atoms with Crippen LogP contribution in [-0.4, -0.2) is 32.7 Å². The topological polar surface area (TPSA) is 36.9 Å². The Labute approximate surface area is 152 Å². The maximum absolute atomic E-state index is 13.5. The number of halogens is 2. The minimum atomic E-state index is -0.535. The first kappa shape index (κ1) is 18.8. The Morgan fingerprint density at radius 2 is 1.80 bits per heavy atom. The molecule has 25 heavy (non-hydrogen) atoms. The van der Waals surface area contributed by atoms with Gasteiger partial charge in [-0.3, -0.25) is 0 Å². The average molecular weight is 371 g/mol. The molecule has 138 valence electrons. The highest BCUT2D eigenvalue weighted by atomic mass is 35.5. The molecule has 0 atom stereocenters. The first-order valence-corrected chi connectivity index (χ1v) is 9.07. The molecule has 2 heterocycles. The zero-order valence-electron chi connectivity index (χ0n) is 14.3. The minimum Gasteiger partial charge on any atom is -0.352 e. The van der Waals surface area contributed by atoms with E-state index in [4.69, 9.17) is 30.5 Å². The molecule has 1 aromatic carbocycles. The second-order valence-electron chi connectivity index (χ2n) is 6.50. The lowest BCUT2D eigenvalue weighted by Crippen LogP contribution is -2.33. The van der Waals surface area contributed by atoms with Gasteiger partial charge in [-0.1, -0.05) is 29.8 Å². The van der Waals surface area contributed by atoms with Gasteiger partial charge in [0.05, 0.1) is 31.5 Å². The van der Waals surface area contributed by atoms with Gasteiger partial charge in [0.2, 0.25) is 0 Å². The van der Waals surface area contributed by atoms with E-state index in [0.717, 1.165) is 12.8 Å². The molecule has 0 spiro atoms. The summed E-state index contributed by atoms with van der Waals surface area (Å²) in [7, 11) is 0. The van der Waals surface area contributed by atoms with Gasteiger partial charge >= 0.3 is 0 Å². The van der Waals surface area contributed by atoms with Crippen molar-refractivity contribution in [2.45, 2.75) is 32.3 Å². The predicted octanol–water partition coefficient (Wildman–Crippen LogP) is 4.49. The SMILES string of the molecule is CC=C[C@H]1CO[C@H](CC[C@H]2CO[C@H](c3ccc(Cl)c(F)c3)OC2)OC1. The molecular weight excluding hydrogens is 347 g/mol. The molecular formula is C19H24ClFO4. The van der Waals surface area contributed by atoms with Crippen LogP contribution in [0.1, 0.15) is 31.6 Å². The predicted molar refractivity (Wildman–Crippen MR) is 92.8 cm³/mol. The van der Waals surface area contributed by atoms with Crippen molar-refractivity contribution in [3.63, 3.8) is 0 Å². The van der Waals surface area contributed by atoms with E-state index in [1.807, 2.05) is 13.0 Å². The second-order valence-corrected chi connectivity index (χ2v) is 6.90. The van der Waals surface area contributed by atoms with Gasteiger partial charge in [0.1, 0.15) is 5.82 Å². The lowest BCUT2D eigenvalue weighted by atomic mass is 10.0. The van der Waals surface area contributed by atoms with Crippen LogP contribution >= 0.6 is 11.6 Å². The molecule has 0 unspecified atom stereocenters. The van der Waals surface area contributed by atoms with E-state index in [0.29, 0.717) is 37.9 Å². The molecule has 0 radical (unpaired) electrons. The lowest BCUT2D eigenvalue weighted by Gasteiger charge is -2.32. The van der Waals surface area contributed by atoms with E-state index in [2.05, 4.69) is 6.08 Å². The summed E-state index contributed by atoms with van der Waals surface area (Å²) in [6.45, 7) is 4.56. The van der Waals surface area contributed by atoms with Crippen molar-refractivity contribution >= 4 is 11.6 Å². The van der Waals surface area contributed by atoms with Crippen molar-refractivity contribution in [3.05, 3.63) is 46.8 Å². The molecule has 6 heteroatoms. The summed E-state index contributed by atoms with van der Waals surface area (Å²) < 4.78 is 36.5. The van der Waals surface area contributed by atoms with Crippen molar-refractivity contribution in [1.82, 2.24) is 0 Å². The smallest absolute Gasteiger partial charge is 0.183 e. The summed E-state index contributed by atoms with van der Waals surface area (Å²) in [5.74, 6) is 0.174. The molecule has 2 aliphatic rings. The summed E-state index contributed by atoms with van der Waals surface area (Å²) in [4.78, 5) is 0. The maximum Gasteiger partial charge on any atom is 0.183 e. The van der Waals surface area contributed by atoms with Crippen LogP contribution in [0.15, 0.2) is 30.4 Å². The zero-order chi connectivity index (χ0) is 17.6. The van der Waals surface area contributed by atoms with Crippen LogP contribution in [0.4, 0.5) is 4.39 Å². The van der Waals surface area contributed by atoms with Crippen molar-refractivity contribution in [2.75, 3.05) is 26.4 Å². The average Bonchev–Trinajstić information content (AvgIpc) is 2.64. The van der Waals surface area contributed by atoms with Crippen molar-refractivity contribution in [3.8, 4) is 0 Å². The highest BCUT2D eigenvalue weighted by Crippen LogP contribution is 2.29. The third-order valence-electron chi connectivity index (χ3n) is 4.45. The molecule has 3 rings (SSSR count). The molecule has 2 fully saturated rings. The van der Waals surface area contributed by atoms with E-state index < -0.39 is 12.1 Å². The third kappa shape index (κ3) is 5.25. The summed E-state index contributed by atoms with van der Waals surface area (Å²) in [5, 5.41) is 0.0987. The van der Waals surface area contributed by atoms with Gasteiger partial charge in [-0.05, 0) is 31.9 Å². The van der Waals surface area contributed by atoms with E-state index in [1.54, 1.807) is 6.07 Å². The molecule has 2 aliphatic heterocycles. The van der Waals surface area contributed by atoms with Crippen LogP contribution in [0.3, 0.4) is 0 Å². The van der Waals surface area contributed by atoms with Gasteiger partial charge in [-0.15, -0.1) is 0 Å². The summed E-state index contributed by atoms with van der Waals surface area (Å²) in [6.07, 6.45) is 5.17. The van der Waals surface area contributed by atoms with Gasteiger partial charge in [0, 0.05) is 17.4 Å². The van der Waals surface area contributed by atoms with Crippen LogP contribution in [0.2, 0.25) is 5.02 Å². The minimum absolute atomic E-state index is 0.0987. The molecule has 0 aromatic heterocycles. The number of ether oxygens (including phenoxy) is 4. The monoisotopic (exact) mass is 370 g/mol. The second kappa shape index (κ2) is 9.10. The Morgan fingerprint density at radius 1 is 1.08 bits per heavy atom. The molecule has 0 aliphatic carbocycles. The lowest BCUT2D eigenvalue weighted by molar-refractivity contribution is -0.217. The first-order chi connectivity index (χ1) is 12.2. The van der Waals surface area contributed by atoms with E-state index in [1.165, 1.54) is 12.1 Å². The number of hydrogen-bond acceptors (Lipinski definition) is 4. The van der Waals surface area contributed by atoms with Crippen LogP contribution in [0, 0.1) is 17.7 Å². The number of benzene rings is 1. The van der Waals surface area contributed by atoms with Crippen LogP contribution < -0.4 is 0 Å². The van der Waals surface area contributed by atoms with Crippen molar-refractivity contribution in [1.29, 1.82) is 0 Å². The largest absolute Gasteiger partial charge is 0.352 e. The zero-order valence-corrected chi connectivity index (χ0v) is 15.1. The fourth-order valence-corrected chi connectivity index (χ4v) is 3.16. The third-order valence-corrected chi connectivity index (χ3v) is 4.76. The highest BCUT2D eigenvalue weighted by molar-refractivity contribution is 6.30. The fourth-order valence-electron chi connectivity index (χ4n) is 3.04. The Kier molecular flexibility index (Phi) is 6.84. The summed E-state index contributed by atoms with van der Waals surface area (Å²) >= 11 is 5.70. The molecule has 4 nitrogen and oxygen atoms in total. The first-order valence-electron chi connectivity index (χ1n) is 8.70. The van der Waals surface area contributed by atoms with Crippen molar-refractivity contribution < 1.29 is 23.3 Å². The normalized spacial score (nSPS) is 30.7. The van der Waals surface area contributed by atoms with Crippen LogP contribution in [0.25, 0.3) is 0 Å². The Balaban J connectivity index is 1.39. The Morgan fingerprint density at radius 3 is 2.44 bits per heavy atom. The van der Waals surface area contributed by atoms with E-state index >= 15 is 0 Å². The van der Waals surface area contributed by atoms with Crippen molar-refractivity contribution in [2.24, 2.45) is 11.8 Å². The molecule has 0 saturated carbocycles. The molecule has 1 aromatic rings. The number of rotatable bonds is 5. The highest BCUT2D eigenvalue weighted by Gasteiger charge is 2.26. The number of allylic oxidation sites excluding steroid dienone is 1. The van der Waals surface area contributed by atoms with Crippen LogP contribution in [0.5, 0.6) is 0 Å². The molecule has 0 N–H and O–H groups in total. The Bertz CT molecular complexity index is 579. The Hall–Kier alpha value is -0.980. The number of hydrogen-bond donors (Lipinski definition) is 0. The maximum atomic E-state index is 13.5. The van der Waals surface area contributed by atoms with E-state index in [9.17, 15) is 4.39 Å². The standard InChI is InChI=1S/C19H24ClFO4/c1-2-3-13-9-22-18(23-10-13)7-4-14-11-24-19(25-12-14)15-5-6-16(20)17(21)8-15/h2-3,5-6,8,13-14,18-19H,4,7,9-12H2,1H3/t13-,14-,18-,19-. The fraction of sp³-hybridized carbons (Fsp3) is 0.579. The molecule has 0 amide bonds. The summed E-state index contributed by atoms with van der Waals surface area (Å²) in [6, 6.07) is 4.60. The van der Waals surface area contributed by atoms with E-state index in [-0.39, 0.29) is 17.2 Å².